The Labute approximate surface area is 139 Å². The molecule has 8 heteroatoms. The van der Waals surface area contributed by atoms with Crippen LogP contribution >= 0.6 is 0 Å². The van der Waals surface area contributed by atoms with E-state index in [9.17, 15) is 4.79 Å². The third-order valence-corrected chi connectivity index (χ3v) is 3.93. The Bertz CT molecular complexity index is 1270. The van der Waals surface area contributed by atoms with Gasteiger partial charge < -0.3 is 4.52 Å². The number of hydrogen-bond acceptors (Lipinski definition) is 6. The highest BCUT2D eigenvalue weighted by molar-refractivity contribution is 5.82. The van der Waals surface area contributed by atoms with Crippen molar-refractivity contribution in [2.24, 2.45) is 0 Å². The van der Waals surface area contributed by atoms with E-state index in [1.54, 1.807) is 16.6 Å². The van der Waals surface area contributed by atoms with Crippen LogP contribution in [-0.2, 0) is 0 Å². The molecule has 0 unspecified atom stereocenters. The van der Waals surface area contributed by atoms with Crippen molar-refractivity contribution in [3.8, 4) is 23.0 Å². The molecule has 0 fully saturated rings. The lowest BCUT2D eigenvalue weighted by molar-refractivity contribution is 0.431. The van der Waals surface area contributed by atoms with Crippen LogP contribution in [0.3, 0.4) is 0 Å². The number of para-hydroxylation sites is 1. The second kappa shape index (κ2) is 5.10. The van der Waals surface area contributed by atoms with E-state index in [0.29, 0.717) is 28.1 Å². The SMILES string of the molecule is O=c1nc2c(-c3nc(-c4ccccc4)no3)n[nH]n2c2ccccc12. The fraction of sp³-hybridized carbons (Fsp3) is 0. The average Bonchev–Trinajstić information content (AvgIpc) is 3.29. The first-order valence-corrected chi connectivity index (χ1v) is 7.56. The summed E-state index contributed by atoms with van der Waals surface area (Å²) >= 11 is 0. The van der Waals surface area contributed by atoms with Crippen LogP contribution in [0.5, 0.6) is 0 Å². The topological polar surface area (TPSA) is 102 Å². The summed E-state index contributed by atoms with van der Waals surface area (Å²) in [6, 6.07) is 16.6. The molecule has 25 heavy (non-hydrogen) atoms. The average molecular weight is 330 g/mol. The molecule has 1 N–H and O–H groups in total. The molecule has 2 aromatic carbocycles. The zero-order valence-electron chi connectivity index (χ0n) is 12.7. The van der Waals surface area contributed by atoms with Gasteiger partial charge in [0.1, 0.15) is 0 Å². The highest BCUT2D eigenvalue weighted by Crippen LogP contribution is 2.23. The summed E-state index contributed by atoms with van der Waals surface area (Å²) in [5.74, 6) is 0.639. The van der Waals surface area contributed by atoms with Crippen molar-refractivity contribution in [3.63, 3.8) is 0 Å². The third kappa shape index (κ3) is 2.04. The van der Waals surface area contributed by atoms with Crippen LogP contribution in [0.15, 0.2) is 63.9 Å². The molecule has 0 aliphatic rings. The third-order valence-electron chi connectivity index (χ3n) is 3.93. The molecule has 0 amide bonds. The summed E-state index contributed by atoms with van der Waals surface area (Å²) < 4.78 is 6.95. The Morgan fingerprint density at radius 2 is 1.76 bits per heavy atom. The van der Waals surface area contributed by atoms with Crippen molar-refractivity contribution in [1.82, 2.24) is 30.0 Å². The van der Waals surface area contributed by atoms with E-state index in [1.165, 1.54) is 0 Å². The smallest absolute Gasteiger partial charge is 0.282 e. The zero-order valence-corrected chi connectivity index (χ0v) is 12.7. The fourth-order valence-corrected chi connectivity index (χ4v) is 2.75. The predicted octanol–water partition coefficient (Wildman–Crippen LogP) is 2.29. The molecule has 120 valence electrons. The van der Waals surface area contributed by atoms with Crippen LogP contribution < -0.4 is 5.56 Å². The minimum absolute atomic E-state index is 0.194. The molecule has 5 aromatic rings. The van der Waals surface area contributed by atoms with Gasteiger partial charge in [-0.15, -0.1) is 5.10 Å². The van der Waals surface area contributed by atoms with E-state index in [2.05, 4.69) is 25.4 Å². The molecule has 0 aliphatic heterocycles. The fourth-order valence-electron chi connectivity index (χ4n) is 2.75. The number of nitrogens with zero attached hydrogens (tertiary/aromatic N) is 5. The van der Waals surface area contributed by atoms with Gasteiger partial charge in [-0.3, -0.25) is 4.79 Å². The van der Waals surface area contributed by atoms with Gasteiger partial charge in [-0.2, -0.15) is 9.97 Å². The van der Waals surface area contributed by atoms with Crippen LogP contribution in [0, 0.1) is 0 Å². The van der Waals surface area contributed by atoms with Gasteiger partial charge in [0.2, 0.25) is 5.82 Å². The maximum absolute atomic E-state index is 12.3. The monoisotopic (exact) mass is 330 g/mol. The Morgan fingerprint density at radius 1 is 0.960 bits per heavy atom. The second-order valence-electron chi connectivity index (χ2n) is 5.44. The summed E-state index contributed by atoms with van der Waals surface area (Å²) in [4.78, 5) is 20.7. The Balaban J connectivity index is 1.72. The Kier molecular flexibility index (Phi) is 2.78. The Morgan fingerprint density at radius 3 is 2.64 bits per heavy atom. The Hall–Kier alpha value is -3.81. The van der Waals surface area contributed by atoms with Crippen LogP contribution in [0.1, 0.15) is 0 Å². The summed E-state index contributed by atoms with van der Waals surface area (Å²) in [6.07, 6.45) is 0. The quantitative estimate of drug-likeness (QED) is 0.533. The van der Waals surface area contributed by atoms with Gasteiger partial charge in [0.15, 0.2) is 11.3 Å². The summed E-state index contributed by atoms with van der Waals surface area (Å²) in [7, 11) is 0. The zero-order chi connectivity index (χ0) is 16.8. The molecule has 0 atom stereocenters. The molecule has 5 rings (SSSR count). The molecule has 8 nitrogen and oxygen atoms in total. The van der Waals surface area contributed by atoms with E-state index < -0.39 is 0 Å². The van der Waals surface area contributed by atoms with Crippen molar-refractivity contribution >= 4 is 16.6 Å². The molecular weight excluding hydrogens is 320 g/mol. The van der Waals surface area contributed by atoms with Gasteiger partial charge in [0.05, 0.1) is 10.9 Å². The molecule has 0 spiro atoms. The molecule has 0 aliphatic carbocycles. The number of fused-ring (bicyclic) bond motifs is 3. The van der Waals surface area contributed by atoms with Crippen molar-refractivity contribution in [1.29, 1.82) is 0 Å². The number of benzene rings is 2. The van der Waals surface area contributed by atoms with E-state index >= 15 is 0 Å². The largest absolute Gasteiger partial charge is 0.332 e. The molecule has 0 radical (unpaired) electrons. The minimum Gasteiger partial charge on any atom is -0.332 e. The lowest BCUT2D eigenvalue weighted by Crippen LogP contribution is -2.10. The number of rotatable bonds is 2. The maximum Gasteiger partial charge on any atom is 0.282 e. The molecule has 3 heterocycles. The van der Waals surface area contributed by atoms with Crippen molar-refractivity contribution < 1.29 is 4.52 Å². The molecule has 0 saturated carbocycles. The number of hydrogen-bond donors (Lipinski definition) is 1. The lowest BCUT2D eigenvalue weighted by atomic mass is 10.2. The van der Waals surface area contributed by atoms with Gasteiger partial charge in [-0.05, 0) is 12.1 Å². The number of nitrogens with one attached hydrogen (secondary N) is 1. The normalized spacial score (nSPS) is 11.4. The van der Waals surface area contributed by atoms with Crippen molar-refractivity contribution in [2.45, 2.75) is 0 Å². The molecule has 0 saturated heterocycles. The summed E-state index contributed by atoms with van der Waals surface area (Å²) in [5.41, 5.74) is 1.84. The number of H-pyrrole nitrogens is 1. The lowest BCUT2D eigenvalue weighted by Gasteiger charge is -1.98. The van der Waals surface area contributed by atoms with E-state index in [-0.39, 0.29) is 11.4 Å². The van der Waals surface area contributed by atoms with Gasteiger partial charge in [-0.1, -0.05) is 47.6 Å². The molecular formula is C17H10N6O2. The summed E-state index contributed by atoms with van der Waals surface area (Å²) in [5, 5.41) is 11.5. The van der Waals surface area contributed by atoms with Crippen LogP contribution in [-0.4, -0.2) is 30.0 Å². The first-order chi connectivity index (χ1) is 12.3. The second-order valence-corrected chi connectivity index (χ2v) is 5.44. The van der Waals surface area contributed by atoms with Crippen LogP contribution in [0.4, 0.5) is 0 Å². The highest BCUT2D eigenvalue weighted by Gasteiger charge is 2.19. The first-order valence-electron chi connectivity index (χ1n) is 7.56. The van der Waals surface area contributed by atoms with Gasteiger partial charge >= 0.3 is 0 Å². The molecule has 0 bridgehead atoms. The van der Waals surface area contributed by atoms with E-state index in [4.69, 9.17) is 4.52 Å². The minimum atomic E-state index is -0.332. The standard InChI is InChI=1S/C17H10N6O2/c24-16-11-8-4-5-9-12(11)23-15(19-16)13(20-22-23)17-18-14(21-25-17)10-6-2-1-3-7-10/h1-9,22H. The van der Waals surface area contributed by atoms with Crippen LogP contribution in [0.2, 0.25) is 0 Å². The maximum atomic E-state index is 12.3. The van der Waals surface area contributed by atoms with E-state index in [0.717, 1.165) is 5.56 Å². The van der Waals surface area contributed by atoms with Crippen molar-refractivity contribution in [3.05, 3.63) is 65.0 Å². The molecule has 3 aromatic heterocycles. The van der Waals surface area contributed by atoms with E-state index in [1.807, 2.05) is 42.5 Å². The van der Waals surface area contributed by atoms with Crippen LogP contribution in [0.25, 0.3) is 39.5 Å². The number of aromatic nitrogens is 6. The number of aromatic amines is 1. The first kappa shape index (κ1) is 13.6. The summed E-state index contributed by atoms with van der Waals surface area (Å²) in [6.45, 7) is 0. The van der Waals surface area contributed by atoms with Gasteiger partial charge in [0, 0.05) is 5.56 Å². The van der Waals surface area contributed by atoms with Gasteiger partial charge in [-0.25, -0.2) is 9.73 Å². The van der Waals surface area contributed by atoms with Gasteiger partial charge in [0.25, 0.3) is 11.4 Å². The highest BCUT2D eigenvalue weighted by atomic mass is 16.5. The van der Waals surface area contributed by atoms with Crippen molar-refractivity contribution in [2.75, 3.05) is 0 Å². The predicted molar refractivity (Wildman–Crippen MR) is 89.8 cm³/mol.